The molecule has 0 aliphatic carbocycles. The van der Waals surface area contributed by atoms with E-state index in [0.717, 1.165) is 0 Å². The van der Waals surface area contributed by atoms with Gasteiger partial charge in [-0.1, -0.05) is 0 Å². The van der Waals surface area contributed by atoms with E-state index in [-0.39, 0.29) is 10.6 Å². The summed E-state index contributed by atoms with van der Waals surface area (Å²) in [6.07, 6.45) is 1.51. The van der Waals surface area contributed by atoms with Gasteiger partial charge in [-0.3, -0.25) is 5.43 Å². The van der Waals surface area contributed by atoms with Gasteiger partial charge in [-0.2, -0.15) is 5.10 Å². The van der Waals surface area contributed by atoms with Crippen LogP contribution in [0, 0.1) is 0 Å². The van der Waals surface area contributed by atoms with Crippen molar-refractivity contribution in [1.82, 2.24) is 0 Å². The molecular formula is C15H15N2O5S-. The number of phenolic OH excluding ortho intramolecular Hbond substituents is 1. The molecule has 0 atom stereocenters. The molecule has 0 unspecified atom stereocenters. The minimum atomic E-state index is -4.45. The van der Waals surface area contributed by atoms with Gasteiger partial charge in [0.25, 0.3) is 0 Å². The molecule has 0 bridgehead atoms. The molecule has 2 rings (SSSR count). The zero-order chi connectivity index (χ0) is 16.9. The topological polar surface area (TPSA) is 111 Å². The molecule has 122 valence electrons. The molecule has 0 aliphatic heterocycles. The average Bonchev–Trinajstić information content (AvgIpc) is 2.50. The summed E-state index contributed by atoms with van der Waals surface area (Å²) in [6.45, 7) is 2.24. The second-order valence-corrected chi connectivity index (χ2v) is 5.89. The molecule has 23 heavy (non-hydrogen) atoms. The van der Waals surface area contributed by atoms with Gasteiger partial charge >= 0.3 is 0 Å². The predicted octanol–water partition coefficient (Wildman–Crippen LogP) is 2.14. The number of aromatic hydroxyl groups is 1. The first-order valence-electron chi connectivity index (χ1n) is 6.71. The number of hydrogen-bond donors (Lipinski definition) is 2. The molecule has 2 N–H and O–H groups in total. The molecular weight excluding hydrogens is 320 g/mol. The van der Waals surface area contributed by atoms with Crippen molar-refractivity contribution in [2.75, 3.05) is 12.0 Å². The first kappa shape index (κ1) is 16.8. The van der Waals surface area contributed by atoms with Gasteiger partial charge in [0.05, 0.1) is 23.4 Å². The maximum atomic E-state index is 10.8. The van der Waals surface area contributed by atoms with E-state index < -0.39 is 10.1 Å². The van der Waals surface area contributed by atoms with Crippen molar-refractivity contribution in [2.24, 2.45) is 5.10 Å². The number of rotatable bonds is 6. The second kappa shape index (κ2) is 7.12. The number of hydrazone groups is 1. The number of anilines is 1. The Morgan fingerprint density at radius 1 is 1.26 bits per heavy atom. The molecule has 0 heterocycles. The predicted molar refractivity (Wildman–Crippen MR) is 84.9 cm³/mol. The summed E-state index contributed by atoms with van der Waals surface area (Å²) in [5.41, 5.74) is 3.94. The minimum Gasteiger partial charge on any atom is -0.744 e. The highest BCUT2D eigenvalue weighted by Crippen LogP contribution is 2.26. The molecule has 0 aromatic heterocycles. The van der Waals surface area contributed by atoms with E-state index in [2.05, 4.69) is 10.5 Å². The molecule has 2 aromatic rings. The van der Waals surface area contributed by atoms with Crippen LogP contribution in [0.2, 0.25) is 0 Å². The quantitative estimate of drug-likeness (QED) is 0.475. The van der Waals surface area contributed by atoms with Crippen LogP contribution in [0.5, 0.6) is 11.5 Å². The van der Waals surface area contributed by atoms with Crippen LogP contribution < -0.4 is 10.2 Å². The summed E-state index contributed by atoms with van der Waals surface area (Å²) in [7, 11) is -4.45. The highest BCUT2D eigenvalue weighted by atomic mass is 32.2. The van der Waals surface area contributed by atoms with Crippen molar-refractivity contribution in [2.45, 2.75) is 11.8 Å². The fourth-order valence-corrected chi connectivity index (χ4v) is 2.23. The Balaban J connectivity index is 2.05. The Hall–Kier alpha value is -2.58. The zero-order valence-electron chi connectivity index (χ0n) is 12.3. The third-order valence-electron chi connectivity index (χ3n) is 2.83. The van der Waals surface area contributed by atoms with Crippen LogP contribution in [0.3, 0.4) is 0 Å². The van der Waals surface area contributed by atoms with Crippen molar-refractivity contribution in [3.05, 3.63) is 48.0 Å². The van der Waals surface area contributed by atoms with Crippen LogP contribution in [-0.2, 0) is 10.1 Å². The SMILES string of the molecule is CCOc1cc(C=NNc2ccc(S(=O)(=O)[O-])cc2)ccc1O. The molecule has 8 heteroatoms. The maximum absolute atomic E-state index is 10.8. The van der Waals surface area contributed by atoms with Crippen molar-refractivity contribution in [1.29, 1.82) is 0 Å². The van der Waals surface area contributed by atoms with Crippen LogP contribution in [0.1, 0.15) is 12.5 Å². The molecule has 0 saturated carbocycles. The number of benzene rings is 2. The normalized spacial score (nSPS) is 11.6. The maximum Gasteiger partial charge on any atom is 0.161 e. The van der Waals surface area contributed by atoms with Gasteiger partial charge in [0.2, 0.25) is 0 Å². The fourth-order valence-electron chi connectivity index (χ4n) is 1.76. The smallest absolute Gasteiger partial charge is 0.161 e. The van der Waals surface area contributed by atoms with E-state index in [9.17, 15) is 18.1 Å². The Bertz CT molecular complexity index is 801. The van der Waals surface area contributed by atoms with E-state index in [1.165, 1.54) is 36.5 Å². The van der Waals surface area contributed by atoms with Crippen LogP contribution in [0.25, 0.3) is 0 Å². The van der Waals surface area contributed by atoms with E-state index in [4.69, 9.17) is 4.74 Å². The zero-order valence-corrected chi connectivity index (χ0v) is 13.1. The summed E-state index contributed by atoms with van der Waals surface area (Å²) < 4.78 is 37.7. The standard InChI is InChI=1S/C15H16N2O5S/c1-2-22-15-9-11(3-8-14(15)18)10-16-17-12-4-6-13(7-5-12)23(19,20)21/h3-10,17-18H,2H2,1H3,(H,19,20,21)/p-1. The van der Waals surface area contributed by atoms with E-state index in [0.29, 0.717) is 23.6 Å². The highest BCUT2D eigenvalue weighted by Gasteiger charge is 2.02. The Morgan fingerprint density at radius 3 is 2.57 bits per heavy atom. The number of nitrogens with one attached hydrogen (secondary N) is 1. The van der Waals surface area contributed by atoms with Crippen LogP contribution >= 0.6 is 0 Å². The first-order chi connectivity index (χ1) is 10.9. The minimum absolute atomic E-state index is 0.0476. The lowest BCUT2D eigenvalue weighted by atomic mass is 10.2. The lowest BCUT2D eigenvalue weighted by molar-refractivity contribution is 0.318. The molecule has 0 fully saturated rings. The van der Waals surface area contributed by atoms with Crippen LogP contribution in [0.15, 0.2) is 52.5 Å². The number of phenols is 1. The van der Waals surface area contributed by atoms with Crippen molar-refractivity contribution < 1.29 is 22.8 Å². The van der Waals surface area contributed by atoms with Crippen LogP contribution in [-0.4, -0.2) is 30.9 Å². The van der Waals surface area contributed by atoms with E-state index >= 15 is 0 Å². The average molecular weight is 335 g/mol. The van der Waals surface area contributed by atoms with Gasteiger partial charge in [-0.05, 0) is 55.0 Å². The molecule has 0 radical (unpaired) electrons. The summed E-state index contributed by atoms with van der Waals surface area (Å²) in [5, 5.41) is 13.6. The molecule has 0 amide bonds. The molecule has 0 saturated heterocycles. The van der Waals surface area contributed by atoms with Gasteiger partial charge < -0.3 is 14.4 Å². The lowest BCUT2D eigenvalue weighted by Crippen LogP contribution is -1.98. The fraction of sp³-hybridized carbons (Fsp3) is 0.133. The largest absolute Gasteiger partial charge is 0.744 e. The Labute approximate surface area is 134 Å². The number of ether oxygens (including phenoxy) is 1. The number of nitrogens with zero attached hydrogens (tertiary/aromatic N) is 1. The highest BCUT2D eigenvalue weighted by molar-refractivity contribution is 7.85. The van der Waals surface area contributed by atoms with Gasteiger partial charge in [0.1, 0.15) is 10.1 Å². The van der Waals surface area contributed by atoms with Crippen LogP contribution in [0.4, 0.5) is 5.69 Å². The summed E-state index contributed by atoms with van der Waals surface area (Å²) in [4.78, 5) is -0.299. The molecule has 0 aliphatic rings. The van der Waals surface area contributed by atoms with Crippen molar-refractivity contribution in [3.63, 3.8) is 0 Å². The third kappa shape index (κ3) is 4.70. The van der Waals surface area contributed by atoms with Crippen molar-refractivity contribution >= 4 is 22.0 Å². The first-order valence-corrected chi connectivity index (χ1v) is 8.12. The molecule has 7 nitrogen and oxygen atoms in total. The molecule has 0 spiro atoms. The number of hydrogen-bond acceptors (Lipinski definition) is 7. The van der Waals surface area contributed by atoms with E-state index in [1.807, 2.05) is 6.92 Å². The van der Waals surface area contributed by atoms with E-state index in [1.54, 1.807) is 12.1 Å². The second-order valence-electron chi connectivity index (χ2n) is 4.51. The summed E-state index contributed by atoms with van der Waals surface area (Å²) >= 11 is 0. The van der Waals surface area contributed by atoms with Gasteiger partial charge in [0, 0.05) is 0 Å². The van der Waals surface area contributed by atoms with Gasteiger partial charge in [-0.25, -0.2) is 8.42 Å². The summed E-state index contributed by atoms with van der Waals surface area (Å²) in [6, 6.07) is 10.1. The Morgan fingerprint density at radius 2 is 1.96 bits per heavy atom. The Kier molecular flexibility index (Phi) is 5.20. The molecule has 2 aromatic carbocycles. The third-order valence-corrected chi connectivity index (χ3v) is 3.68. The van der Waals surface area contributed by atoms with Gasteiger partial charge in [-0.15, -0.1) is 0 Å². The van der Waals surface area contributed by atoms with Crippen molar-refractivity contribution in [3.8, 4) is 11.5 Å². The monoisotopic (exact) mass is 335 g/mol. The van der Waals surface area contributed by atoms with Gasteiger partial charge in [0.15, 0.2) is 11.5 Å². The lowest BCUT2D eigenvalue weighted by Gasteiger charge is -2.07. The summed E-state index contributed by atoms with van der Waals surface area (Å²) in [5.74, 6) is 0.410.